The minimum Gasteiger partial charge on any atom is -0.256 e. The van der Waals surface area contributed by atoms with Gasteiger partial charge in [-0.3, -0.25) is 4.98 Å². The van der Waals surface area contributed by atoms with Crippen molar-refractivity contribution in [3.63, 3.8) is 0 Å². The Hall–Kier alpha value is -3.86. The van der Waals surface area contributed by atoms with E-state index < -0.39 is 0 Å². The highest BCUT2D eigenvalue weighted by Gasteiger charge is 2.10. The highest BCUT2D eigenvalue weighted by molar-refractivity contribution is 5.87. The van der Waals surface area contributed by atoms with Crippen LogP contribution in [0.2, 0.25) is 0 Å². The van der Waals surface area contributed by atoms with Gasteiger partial charge in [0.25, 0.3) is 0 Å². The lowest BCUT2D eigenvalue weighted by Crippen LogP contribution is -1.96. The molecule has 2 heterocycles. The Morgan fingerprint density at radius 3 is 2.62 bits per heavy atom. The van der Waals surface area contributed by atoms with Crippen LogP contribution in [0.1, 0.15) is 5.56 Å². The number of nitrogens with zero attached hydrogens (tertiary/aromatic N) is 4. The van der Waals surface area contributed by atoms with Crippen molar-refractivity contribution >= 4 is 10.9 Å². The third-order valence-electron chi connectivity index (χ3n) is 5.02. The van der Waals surface area contributed by atoms with E-state index in [0.717, 1.165) is 44.5 Å². The van der Waals surface area contributed by atoms with Crippen LogP contribution in [0, 0.1) is 12.7 Å². The van der Waals surface area contributed by atoms with Crippen molar-refractivity contribution in [2.24, 2.45) is 0 Å². The average molecular weight is 380 g/mol. The first-order valence-electron chi connectivity index (χ1n) is 9.32. The molecule has 29 heavy (non-hydrogen) atoms. The van der Waals surface area contributed by atoms with Crippen LogP contribution in [0.15, 0.2) is 85.2 Å². The predicted molar refractivity (Wildman–Crippen MR) is 112 cm³/mol. The molecule has 2 aromatic heterocycles. The number of benzene rings is 3. The number of pyridine rings is 1. The van der Waals surface area contributed by atoms with Crippen LogP contribution in [0.25, 0.3) is 39.0 Å². The lowest BCUT2D eigenvalue weighted by Gasteiger charge is -2.07. The summed E-state index contributed by atoms with van der Waals surface area (Å²) in [6.07, 6.45) is 3.69. The number of hydrogen-bond acceptors (Lipinski definition) is 3. The molecule has 0 radical (unpaired) electrons. The molecule has 0 aliphatic heterocycles. The molecule has 0 atom stereocenters. The van der Waals surface area contributed by atoms with Gasteiger partial charge < -0.3 is 0 Å². The molecule has 5 aromatic rings. The maximum Gasteiger partial charge on any atom is 0.123 e. The fraction of sp³-hybridized carbons (Fsp3) is 0.0417. The monoisotopic (exact) mass is 380 g/mol. The second-order valence-corrected chi connectivity index (χ2v) is 6.94. The summed E-state index contributed by atoms with van der Waals surface area (Å²) >= 11 is 0. The van der Waals surface area contributed by atoms with E-state index in [2.05, 4.69) is 21.4 Å². The zero-order valence-electron chi connectivity index (χ0n) is 15.7. The Balaban J connectivity index is 1.56. The first kappa shape index (κ1) is 17.3. The maximum atomic E-state index is 13.5. The van der Waals surface area contributed by atoms with Crippen molar-refractivity contribution in [2.45, 2.75) is 6.92 Å². The van der Waals surface area contributed by atoms with Crippen LogP contribution in [-0.2, 0) is 0 Å². The number of halogens is 1. The average Bonchev–Trinajstić information content (AvgIpc) is 3.23. The van der Waals surface area contributed by atoms with Gasteiger partial charge >= 0.3 is 0 Å². The Kier molecular flexibility index (Phi) is 4.13. The molecule has 0 unspecified atom stereocenters. The zero-order valence-corrected chi connectivity index (χ0v) is 15.7. The molecule has 0 aliphatic carbocycles. The SMILES string of the molecule is Cc1cc(F)ccc1-c1cccc(-c2cn(-c3cccc4ncccc34)nn2)c1. The van der Waals surface area contributed by atoms with Crippen molar-refractivity contribution in [2.75, 3.05) is 0 Å². The molecule has 140 valence electrons. The van der Waals surface area contributed by atoms with Crippen molar-refractivity contribution in [3.8, 4) is 28.1 Å². The Labute approximate surface area is 167 Å². The van der Waals surface area contributed by atoms with Gasteiger partial charge in [-0.15, -0.1) is 5.10 Å². The molecular weight excluding hydrogens is 363 g/mol. The summed E-state index contributed by atoms with van der Waals surface area (Å²) in [5, 5.41) is 9.72. The number of rotatable bonds is 3. The summed E-state index contributed by atoms with van der Waals surface area (Å²) in [7, 11) is 0. The van der Waals surface area contributed by atoms with Crippen molar-refractivity contribution < 1.29 is 4.39 Å². The first-order valence-corrected chi connectivity index (χ1v) is 9.32. The standard InChI is InChI=1S/C24H17FN4/c1-16-13-19(25)10-11-20(16)17-5-2-6-18(14-17)23-15-29(28-27-23)24-9-3-8-22-21(24)7-4-12-26-22/h2-15H,1H3. The topological polar surface area (TPSA) is 43.6 Å². The molecule has 0 bridgehead atoms. The number of aromatic nitrogens is 4. The van der Waals surface area contributed by atoms with Gasteiger partial charge in [-0.2, -0.15) is 0 Å². The summed E-state index contributed by atoms with van der Waals surface area (Å²) < 4.78 is 15.2. The maximum absolute atomic E-state index is 13.5. The minimum absolute atomic E-state index is 0.227. The molecule has 5 heteroatoms. The third-order valence-corrected chi connectivity index (χ3v) is 5.02. The summed E-state index contributed by atoms with van der Waals surface area (Å²) in [6.45, 7) is 1.91. The molecule has 0 amide bonds. The third kappa shape index (κ3) is 3.17. The molecule has 0 fully saturated rings. The van der Waals surface area contributed by atoms with Gasteiger partial charge in [-0.25, -0.2) is 9.07 Å². The second-order valence-electron chi connectivity index (χ2n) is 6.94. The van der Waals surface area contributed by atoms with Gasteiger partial charge in [0.2, 0.25) is 0 Å². The molecular formula is C24H17FN4. The van der Waals surface area contributed by atoms with Crippen LogP contribution in [0.3, 0.4) is 0 Å². The van der Waals surface area contributed by atoms with Gasteiger partial charge in [0, 0.05) is 17.1 Å². The molecule has 0 N–H and O–H groups in total. The largest absolute Gasteiger partial charge is 0.256 e. The minimum atomic E-state index is -0.227. The molecule has 4 nitrogen and oxygen atoms in total. The van der Waals surface area contributed by atoms with Crippen LogP contribution in [-0.4, -0.2) is 20.0 Å². The number of hydrogen-bond donors (Lipinski definition) is 0. The Morgan fingerprint density at radius 1 is 0.862 bits per heavy atom. The summed E-state index contributed by atoms with van der Waals surface area (Å²) in [5.41, 5.74) is 6.48. The Bertz CT molecular complexity index is 1330. The molecule has 5 rings (SSSR count). The summed E-state index contributed by atoms with van der Waals surface area (Å²) in [6, 6.07) is 22.8. The molecule has 0 saturated heterocycles. The van der Waals surface area contributed by atoms with Crippen LogP contribution >= 0.6 is 0 Å². The highest BCUT2D eigenvalue weighted by atomic mass is 19.1. The van der Waals surface area contributed by atoms with E-state index in [0.29, 0.717) is 0 Å². The Morgan fingerprint density at radius 2 is 1.72 bits per heavy atom. The van der Waals surface area contributed by atoms with Crippen LogP contribution < -0.4 is 0 Å². The van der Waals surface area contributed by atoms with Gasteiger partial charge in [0.15, 0.2) is 0 Å². The van der Waals surface area contributed by atoms with Gasteiger partial charge in [0.1, 0.15) is 11.5 Å². The molecule has 3 aromatic carbocycles. The van der Waals surface area contributed by atoms with Crippen molar-refractivity contribution in [3.05, 3.63) is 96.6 Å². The van der Waals surface area contributed by atoms with Crippen LogP contribution in [0.4, 0.5) is 4.39 Å². The molecule has 0 aliphatic rings. The molecule has 0 spiro atoms. The van der Waals surface area contributed by atoms with E-state index in [1.54, 1.807) is 16.9 Å². The van der Waals surface area contributed by atoms with Gasteiger partial charge in [-0.1, -0.05) is 35.5 Å². The van der Waals surface area contributed by atoms with E-state index in [1.807, 2.05) is 67.7 Å². The molecule has 0 saturated carbocycles. The van der Waals surface area contributed by atoms with Gasteiger partial charge in [0.05, 0.1) is 17.4 Å². The lowest BCUT2D eigenvalue weighted by molar-refractivity contribution is 0.627. The van der Waals surface area contributed by atoms with Crippen molar-refractivity contribution in [1.29, 1.82) is 0 Å². The number of aryl methyl sites for hydroxylation is 1. The van der Waals surface area contributed by atoms with Crippen LogP contribution in [0.5, 0.6) is 0 Å². The fourth-order valence-electron chi connectivity index (χ4n) is 3.60. The van der Waals surface area contributed by atoms with E-state index in [-0.39, 0.29) is 5.82 Å². The first-order chi connectivity index (χ1) is 14.2. The number of fused-ring (bicyclic) bond motifs is 1. The lowest BCUT2D eigenvalue weighted by atomic mass is 9.98. The summed E-state index contributed by atoms with van der Waals surface area (Å²) in [5.74, 6) is -0.227. The zero-order chi connectivity index (χ0) is 19.8. The second kappa shape index (κ2) is 6.95. The normalized spacial score (nSPS) is 11.1. The fourth-order valence-corrected chi connectivity index (χ4v) is 3.60. The summed E-state index contributed by atoms with van der Waals surface area (Å²) in [4.78, 5) is 4.40. The van der Waals surface area contributed by atoms with E-state index >= 15 is 0 Å². The van der Waals surface area contributed by atoms with Crippen molar-refractivity contribution in [1.82, 2.24) is 20.0 Å². The van der Waals surface area contributed by atoms with E-state index in [9.17, 15) is 4.39 Å². The predicted octanol–water partition coefficient (Wildman–Crippen LogP) is 5.60. The van der Waals surface area contributed by atoms with E-state index in [1.165, 1.54) is 6.07 Å². The highest BCUT2D eigenvalue weighted by Crippen LogP contribution is 2.29. The smallest absolute Gasteiger partial charge is 0.123 e. The van der Waals surface area contributed by atoms with E-state index in [4.69, 9.17) is 0 Å². The van der Waals surface area contributed by atoms with Gasteiger partial charge in [-0.05, 0) is 66.1 Å². The quantitative estimate of drug-likeness (QED) is 0.409.